The van der Waals surface area contributed by atoms with Gasteiger partial charge in [0.25, 0.3) is 5.56 Å². The molecule has 4 aromatic rings. The molecule has 38 heavy (non-hydrogen) atoms. The number of morpholine rings is 1. The first kappa shape index (κ1) is 25.6. The molecular weight excluding hydrogens is 511 g/mol. The van der Waals surface area contributed by atoms with Crippen molar-refractivity contribution in [2.45, 2.75) is 32.2 Å². The largest absolute Gasteiger partial charge is 0.449 e. The molecule has 8 nitrogen and oxygen atoms in total. The monoisotopic (exact) mass is 532 g/mol. The number of rotatable bonds is 3. The van der Waals surface area contributed by atoms with Gasteiger partial charge in [-0.05, 0) is 43.7 Å². The molecule has 0 saturated carbocycles. The Balaban J connectivity index is 1.72. The van der Waals surface area contributed by atoms with Crippen molar-refractivity contribution in [1.82, 2.24) is 24.5 Å². The third-order valence-electron chi connectivity index (χ3n) is 6.19. The number of benzene rings is 1. The summed E-state index contributed by atoms with van der Waals surface area (Å²) in [4.78, 5) is 31.2. The van der Waals surface area contributed by atoms with E-state index in [2.05, 4.69) is 19.9 Å². The van der Waals surface area contributed by atoms with Crippen LogP contribution in [0.3, 0.4) is 0 Å². The summed E-state index contributed by atoms with van der Waals surface area (Å²) in [5, 5.41) is 0. The maximum absolute atomic E-state index is 14.9. The van der Waals surface area contributed by atoms with Crippen LogP contribution in [0.1, 0.15) is 30.1 Å². The molecule has 0 radical (unpaired) electrons. The van der Waals surface area contributed by atoms with Crippen molar-refractivity contribution in [1.29, 1.82) is 0 Å². The van der Waals surface area contributed by atoms with Crippen molar-refractivity contribution in [2.75, 3.05) is 18.0 Å². The van der Waals surface area contributed by atoms with Gasteiger partial charge in [-0.3, -0.25) is 14.3 Å². The van der Waals surface area contributed by atoms with Crippen LogP contribution in [0.25, 0.3) is 22.3 Å². The van der Waals surface area contributed by atoms with Gasteiger partial charge in [0.05, 0.1) is 12.6 Å². The molecule has 0 bridgehead atoms. The standard InChI is InChI=1S/C25H21F5N6O2/c1-12-8-14(6-7-31-12)18-11-36(10-13(2)38-18)24-33-19(16-5-4-15(26)9-17(16)27)20-21(34-24)22(37)35(3)23(32-20)25(28,29)30/h4-9,13,18H,10-11H2,1-3H3/t13-,18-/m1/s1. The molecule has 1 saturated heterocycles. The number of hydrogen-bond donors (Lipinski definition) is 0. The molecule has 198 valence electrons. The molecule has 0 N–H and O–H groups in total. The first-order valence-corrected chi connectivity index (χ1v) is 11.6. The normalized spacial score (nSPS) is 18.3. The summed E-state index contributed by atoms with van der Waals surface area (Å²) in [6.07, 6.45) is -4.08. The summed E-state index contributed by atoms with van der Waals surface area (Å²) in [5.41, 5.74) is -1.12. The van der Waals surface area contributed by atoms with E-state index in [1.54, 1.807) is 17.2 Å². The first-order valence-electron chi connectivity index (χ1n) is 11.6. The fourth-order valence-electron chi connectivity index (χ4n) is 4.46. The Labute approximate surface area is 212 Å². The van der Waals surface area contributed by atoms with Gasteiger partial charge in [0, 0.05) is 37.1 Å². The Hall–Kier alpha value is -4.00. The fraction of sp³-hybridized carbons (Fsp3) is 0.320. The number of aromatic nitrogens is 5. The second-order valence-electron chi connectivity index (χ2n) is 9.06. The van der Waals surface area contributed by atoms with Crippen LogP contribution in [0.15, 0.2) is 41.3 Å². The highest BCUT2D eigenvalue weighted by atomic mass is 19.4. The maximum atomic E-state index is 14.9. The van der Waals surface area contributed by atoms with Gasteiger partial charge in [-0.15, -0.1) is 0 Å². The lowest BCUT2D eigenvalue weighted by atomic mass is 10.1. The van der Waals surface area contributed by atoms with E-state index in [9.17, 15) is 26.7 Å². The molecule has 1 fully saturated rings. The topological polar surface area (TPSA) is 86.0 Å². The number of anilines is 1. The molecule has 1 aliphatic rings. The molecule has 0 amide bonds. The van der Waals surface area contributed by atoms with Crippen molar-refractivity contribution in [2.24, 2.45) is 7.05 Å². The highest BCUT2D eigenvalue weighted by Gasteiger charge is 2.38. The molecule has 0 aliphatic carbocycles. The molecule has 1 aliphatic heterocycles. The average molecular weight is 532 g/mol. The molecule has 1 aromatic carbocycles. The van der Waals surface area contributed by atoms with Gasteiger partial charge in [0.2, 0.25) is 11.8 Å². The van der Waals surface area contributed by atoms with Crippen LogP contribution in [-0.2, 0) is 18.0 Å². The van der Waals surface area contributed by atoms with Crippen LogP contribution in [-0.4, -0.2) is 43.7 Å². The number of alkyl halides is 3. The number of pyridine rings is 1. The highest BCUT2D eigenvalue weighted by Crippen LogP contribution is 2.34. The van der Waals surface area contributed by atoms with Gasteiger partial charge in [-0.25, -0.2) is 23.7 Å². The number of halogens is 5. The van der Waals surface area contributed by atoms with E-state index in [-0.39, 0.29) is 36.4 Å². The van der Waals surface area contributed by atoms with Crippen molar-refractivity contribution in [3.05, 3.63) is 75.6 Å². The summed E-state index contributed by atoms with van der Waals surface area (Å²) >= 11 is 0. The zero-order valence-corrected chi connectivity index (χ0v) is 20.4. The van der Waals surface area contributed by atoms with Gasteiger partial charge in [-0.1, -0.05) is 0 Å². The predicted molar refractivity (Wildman–Crippen MR) is 127 cm³/mol. The number of aryl methyl sites for hydroxylation is 1. The Morgan fingerprint density at radius 3 is 2.47 bits per heavy atom. The van der Waals surface area contributed by atoms with Crippen molar-refractivity contribution in [3.63, 3.8) is 0 Å². The molecule has 0 unspecified atom stereocenters. The lowest BCUT2D eigenvalue weighted by Gasteiger charge is -2.37. The van der Waals surface area contributed by atoms with Crippen LogP contribution < -0.4 is 10.5 Å². The summed E-state index contributed by atoms with van der Waals surface area (Å²) < 4.78 is 75.9. The summed E-state index contributed by atoms with van der Waals surface area (Å²) in [5.74, 6) is -3.49. The molecule has 0 spiro atoms. The minimum atomic E-state index is -4.98. The Kier molecular flexibility index (Phi) is 6.33. The average Bonchev–Trinajstić information content (AvgIpc) is 2.84. The highest BCUT2D eigenvalue weighted by molar-refractivity contribution is 5.89. The van der Waals surface area contributed by atoms with E-state index in [1.165, 1.54) is 0 Å². The fourth-order valence-corrected chi connectivity index (χ4v) is 4.46. The maximum Gasteiger partial charge on any atom is 0.449 e. The number of hydrogen-bond acceptors (Lipinski definition) is 7. The van der Waals surface area contributed by atoms with Crippen LogP contribution in [0.2, 0.25) is 0 Å². The van der Waals surface area contributed by atoms with Gasteiger partial charge in [-0.2, -0.15) is 13.2 Å². The van der Waals surface area contributed by atoms with Crippen molar-refractivity contribution in [3.8, 4) is 11.3 Å². The van der Waals surface area contributed by atoms with E-state index in [1.807, 2.05) is 19.9 Å². The first-order chi connectivity index (χ1) is 17.9. The number of ether oxygens (including phenoxy) is 1. The molecule has 13 heteroatoms. The number of nitrogens with zero attached hydrogens (tertiary/aromatic N) is 6. The second kappa shape index (κ2) is 9.39. The second-order valence-corrected chi connectivity index (χ2v) is 9.06. The lowest BCUT2D eigenvalue weighted by Crippen LogP contribution is -2.44. The zero-order valence-electron chi connectivity index (χ0n) is 20.4. The minimum Gasteiger partial charge on any atom is -0.367 e. The van der Waals surface area contributed by atoms with Crippen LogP contribution in [0.4, 0.5) is 27.9 Å². The van der Waals surface area contributed by atoms with Gasteiger partial charge >= 0.3 is 6.18 Å². The van der Waals surface area contributed by atoms with Crippen molar-refractivity contribution >= 4 is 17.0 Å². The van der Waals surface area contributed by atoms with Crippen LogP contribution >= 0.6 is 0 Å². The van der Waals surface area contributed by atoms with Gasteiger partial charge in [0.15, 0.2) is 5.52 Å². The van der Waals surface area contributed by atoms with E-state index in [0.29, 0.717) is 10.6 Å². The van der Waals surface area contributed by atoms with Crippen LogP contribution in [0.5, 0.6) is 0 Å². The van der Waals surface area contributed by atoms with Gasteiger partial charge in [0.1, 0.15) is 28.9 Å². The molecule has 4 heterocycles. The SMILES string of the molecule is Cc1cc([C@H]2CN(c3nc(-c4ccc(F)cc4F)c4nc(C(F)(F)F)n(C)c(=O)c4n3)C[C@@H](C)O2)ccn1. The quantitative estimate of drug-likeness (QED) is 0.363. The van der Waals surface area contributed by atoms with E-state index >= 15 is 0 Å². The Morgan fingerprint density at radius 1 is 1.03 bits per heavy atom. The predicted octanol–water partition coefficient (Wildman–Crippen LogP) is 4.36. The van der Waals surface area contributed by atoms with Crippen molar-refractivity contribution < 1.29 is 26.7 Å². The lowest BCUT2D eigenvalue weighted by molar-refractivity contribution is -0.147. The van der Waals surface area contributed by atoms with Crippen LogP contribution in [0, 0.1) is 18.6 Å². The van der Waals surface area contributed by atoms with E-state index in [0.717, 1.165) is 30.4 Å². The molecular formula is C25H21F5N6O2. The number of fused-ring (bicyclic) bond motifs is 1. The Morgan fingerprint density at radius 2 is 1.79 bits per heavy atom. The smallest absolute Gasteiger partial charge is 0.367 e. The summed E-state index contributed by atoms with van der Waals surface area (Å²) in [6.45, 7) is 4.18. The third-order valence-corrected chi connectivity index (χ3v) is 6.19. The minimum absolute atomic E-state index is 0.0270. The van der Waals surface area contributed by atoms with Gasteiger partial charge < -0.3 is 9.64 Å². The third kappa shape index (κ3) is 4.69. The Bertz CT molecular complexity index is 1610. The zero-order chi connectivity index (χ0) is 27.4. The van der Waals surface area contributed by atoms with E-state index < -0.39 is 46.3 Å². The molecule has 2 atom stereocenters. The molecule has 3 aromatic heterocycles. The summed E-state index contributed by atoms with van der Waals surface area (Å²) in [7, 11) is 0.927. The van der Waals surface area contributed by atoms with E-state index in [4.69, 9.17) is 4.74 Å². The molecule has 5 rings (SSSR count). The summed E-state index contributed by atoms with van der Waals surface area (Å²) in [6, 6.07) is 6.21.